The summed E-state index contributed by atoms with van der Waals surface area (Å²) in [4.78, 5) is 2.41. The van der Waals surface area contributed by atoms with E-state index in [9.17, 15) is 0 Å². The quantitative estimate of drug-likeness (QED) is 0.172. The maximum Gasteiger partial charge on any atom is 0.143 e. The standard InChI is InChI=1S/C65H40N2O/c1-2-17-48-42(14-1)30-35-56-55-37-34-47(40-63(55)68-64(48)56)66(44-31-28-41(29-32-44)43-15-13-16-45(38-43)67-61-26-11-6-21-53(61)54-22-7-12-27-62(54)67)46-33-36-52-51-20-5-10-25-59(51)65(60(52)39-46)57-23-8-3-18-49(57)50-19-4-9-24-58(50)65/h1-40H. The number of benzene rings is 11. The molecule has 11 aromatic carbocycles. The Bertz CT molecular complexity index is 4110. The fourth-order valence-electron chi connectivity index (χ4n) is 12.1. The topological polar surface area (TPSA) is 21.3 Å². The molecule has 0 bridgehead atoms. The lowest BCUT2D eigenvalue weighted by Gasteiger charge is -2.32. The number of rotatable bonds is 5. The van der Waals surface area contributed by atoms with Crippen molar-refractivity contribution in [2.45, 2.75) is 5.41 Å². The number of fused-ring (bicyclic) bond motifs is 18. The third kappa shape index (κ3) is 5.07. The van der Waals surface area contributed by atoms with Crippen LogP contribution in [0, 0.1) is 0 Å². The Balaban J connectivity index is 0.916. The Morgan fingerprint density at radius 1 is 0.338 bits per heavy atom. The Morgan fingerprint density at radius 3 is 1.57 bits per heavy atom. The van der Waals surface area contributed by atoms with Crippen LogP contribution in [0.5, 0.6) is 0 Å². The molecule has 2 aliphatic carbocycles. The van der Waals surface area contributed by atoms with Crippen molar-refractivity contribution in [2.75, 3.05) is 4.90 Å². The number of aromatic nitrogens is 1. The van der Waals surface area contributed by atoms with Gasteiger partial charge < -0.3 is 13.9 Å². The van der Waals surface area contributed by atoms with Gasteiger partial charge in [-0.1, -0.05) is 170 Å². The zero-order valence-electron chi connectivity index (χ0n) is 36.9. The van der Waals surface area contributed by atoms with Crippen molar-refractivity contribution in [3.05, 3.63) is 265 Å². The minimum absolute atomic E-state index is 0.463. The summed E-state index contributed by atoms with van der Waals surface area (Å²) in [6, 6.07) is 89.3. The normalized spacial score (nSPS) is 13.1. The Morgan fingerprint density at radius 2 is 0.882 bits per heavy atom. The number of furan rings is 1. The number of anilines is 3. The largest absolute Gasteiger partial charge is 0.455 e. The Labute approximate surface area is 393 Å². The number of hydrogen-bond acceptors (Lipinski definition) is 2. The molecule has 316 valence electrons. The molecule has 0 fully saturated rings. The molecule has 13 aromatic rings. The summed E-state index contributed by atoms with van der Waals surface area (Å²) in [5.41, 5.74) is 20.8. The summed E-state index contributed by atoms with van der Waals surface area (Å²) in [6.45, 7) is 0. The van der Waals surface area contributed by atoms with E-state index in [4.69, 9.17) is 4.42 Å². The highest BCUT2D eigenvalue weighted by Gasteiger charge is 2.51. The highest BCUT2D eigenvalue weighted by atomic mass is 16.3. The van der Waals surface area contributed by atoms with Crippen LogP contribution < -0.4 is 4.90 Å². The number of nitrogens with zero attached hydrogens (tertiary/aromatic N) is 2. The van der Waals surface area contributed by atoms with Crippen LogP contribution in [0.25, 0.3) is 93.6 Å². The smallest absolute Gasteiger partial charge is 0.143 e. The summed E-state index contributed by atoms with van der Waals surface area (Å²) >= 11 is 0. The summed E-state index contributed by atoms with van der Waals surface area (Å²) in [6.07, 6.45) is 0. The molecule has 3 heteroatoms. The predicted octanol–water partition coefficient (Wildman–Crippen LogP) is 17.3. The van der Waals surface area contributed by atoms with Gasteiger partial charge in [0.15, 0.2) is 0 Å². The fraction of sp³-hybridized carbons (Fsp3) is 0.0154. The summed E-state index contributed by atoms with van der Waals surface area (Å²) in [7, 11) is 0. The first kappa shape index (κ1) is 37.3. The van der Waals surface area contributed by atoms with Crippen LogP contribution in [0.4, 0.5) is 17.1 Å². The molecular weight excluding hydrogens is 825 g/mol. The monoisotopic (exact) mass is 864 g/mol. The average Bonchev–Trinajstić information content (AvgIpc) is 4.13. The van der Waals surface area contributed by atoms with Crippen LogP contribution in [0.1, 0.15) is 22.3 Å². The zero-order valence-corrected chi connectivity index (χ0v) is 36.9. The second kappa shape index (κ2) is 14.0. The highest BCUT2D eigenvalue weighted by Crippen LogP contribution is 2.63. The van der Waals surface area contributed by atoms with E-state index in [1.165, 1.54) is 71.7 Å². The van der Waals surface area contributed by atoms with E-state index in [1.54, 1.807) is 0 Å². The van der Waals surface area contributed by atoms with Crippen LogP contribution in [-0.2, 0) is 5.41 Å². The summed E-state index contributed by atoms with van der Waals surface area (Å²) < 4.78 is 9.23. The van der Waals surface area contributed by atoms with E-state index in [0.29, 0.717) is 0 Å². The van der Waals surface area contributed by atoms with Gasteiger partial charge in [0.1, 0.15) is 11.2 Å². The molecule has 0 N–H and O–H groups in total. The molecule has 3 nitrogen and oxygen atoms in total. The minimum atomic E-state index is -0.463. The predicted molar refractivity (Wildman–Crippen MR) is 282 cm³/mol. The second-order valence-electron chi connectivity index (χ2n) is 18.4. The molecule has 0 atom stereocenters. The number of para-hydroxylation sites is 2. The molecule has 0 aliphatic heterocycles. The van der Waals surface area contributed by atoms with Crippen molar-refractivity contribution in [3.63, 3.8) is 0 Å². The van der Waals surface area contributed by atoms with Gasteiger partial charge in [0, 0.05) is 55.7 Å². The maximum atomic E-state index is 6.84. The Hall–Kier alpha value is -8.92. The third-order valence-corrected chi connectivity index (χ3v) is 15.0. The van der Waals surface area contributed by atoms with Crippen LogP contribution in [0.3, 0.4) is 0 Å². The van der Waals surface area contributed by atoms with E-state index in [1.807, 2.05) is 0 Å². The SMILES string of the molecule is c1cc(-c2ccc(N(c3ccc4c(c3)C3(c5ccccc5-c5ccccc53)c3ccccc3-4)c3ccc4c(c3)oc3c5ccccc5ccc43)cc2)cc(-n2c3ccccc3c3ccccc32)c1. The molecule has 0 unspecified atom stereocenters. The highest BCUT2D eigenvalue weighted by molar-refractivity contribution is 6.15. The molecule has 0 radical (unpaired) electrons. The second-order valence-corrected chi connectivity index (χ2v) is 18.4. The van der Waals surface area contributed by atoms with Crippen molar-refractivity contribution in [3.8, 4) is 39.1 Å². The maximum absolute atomic E-state index is 6.84. The van der Waals surface area contributed by atoms with Crippen molar-refractivity contribution in [1.82, 2.24) is 4.57 Å². The average molecular weight is 865 g/mol. The molecule has 2 aliphatic rings. The Kier molecular flexibility index (Phi) is 7.71. The van der Waals surface area contributed by atoms with E-state index in [2.05, 4.69) is 252 Å². The van der Waals surface area contributed by atoms with Crippen LogP contribution >= 0.6 is 0 Å². The molecule has 2 heterocycles. The molecule has 0 saturated carbocycles. The van der Waals surface area contributed by atoms with Gasteiger partial charge in [-0.25, -0.2) is 0 Å². The third-order valence-electron chi connectivity index (χ3n) is 15.0. The molecule has 2 aromatic heterocycles. The van der Waals surface area contributed by atoms with Crippen molar-refractivity contribution in [1.29, 1.82) is 0 Å². The fourth-order valence-corrected chi connectivity index (χ4v) is 12.1. The molecule has 68 heavy (non-hydrogen) atoms. The van der Waals surface area contributed by atoms with Gasteiger partial charge in [0.25, 0.3) is 0 Å². The molecule has 15 rings (SSSR count). The van der Waals surface area contributed by atoms with Crippen molar-refractivity contribution < 1.29 is 4.42 Å². The number of hydrogen-bond donors (Lipinski definition) is 0. The van der Waals surface area contributed by atoms with E-state index < -0.39 is 5.41 Å². The van der Waals surface area contributed by atoms with Gasteiger partial charge in [0.2, 0.25) is 0 Å². The lowest BCUT2D eigenvalue weighted by molar-refractivity contribution is 0.672. The molecule has 0 saturated heterocycles. The first-order chi connectivity index (χ1) is 33.7. The first-order valence-electron chi connectivity index (χ1n) is 23.5. The van der Waals surface area contributed by atoms with E-state index in [-0.39, 0.29) is 0 Å². The van der Waals surface area contributed by atoms with Crippen molar-refractivity contribution in [2.24, 2.45) is 0 Å². The zero-order chi connectivity index (χ0) is 44.5. The van der Waals surface area contributed by atoms with Crippen LogP contribution in [0.2, 0.25) is 0 Å². The lowest BCUT2D eigenvalue weighted by Crippen LogP contribution is -2.26. The van der Waals surface area contributed by atoms with Gasteiger partial charge in [0.05, 0.1) is 16.4 Å². The van der Waals surface area contributed by atoms with E-state index in [0.717, 1.165) is 61.2 Å². The summed E-state index contributed by atoms with van der Waals surface area (Å²) in [5, 5.41) is 7.04. The van der Waals surface area contributed by atoms with Crippen LogP contribution in [0.15, 0.2) is 247 Å². The van der Waals surface area contributed by atoms with Crippen LogP contribution in [-0.4, -0.2) is 4.57 Å². The van der Waals surface area contributed by atoms with Gasteiger partial charge in [-0.3, -0.25) is 0 Å². The van der Waals surface area contributed by atoms with Gasteiger partial charge in [-0.2, -0.15) is 0 Å². The minimum Gasteiger partial charge on any atom is -0.455 e. The van der Waals surface area contributed by atoms with Crippen molar-refractivity contribution >= 4 is 71.6 Å². The lowest BCUT2D eigenvalue weighted by atomic mass is 9.70. The van der Waals surface area contributed by atoms with Gasteiger partial charge in [-0.05, 0) is 128 Å². The van der Waals surface area contributed by atoms with Gasteiger partial charge in [-0.15, -0.1) is 0 Å². The van der Waals surface area contributed by atoms with E-state index >= 15 is 0 Å². The van der Waals surface area contributed by atoms with Gasteiger partial charge >= 0.3 is 0 Å². The first-order valence-corrected chi connectivity index (χ1v) is 23.5. The molecule has 0 amide bonds. The molecular formula is C65H40N2O. The summed E-state index contributed by atoms with van der Waals surface area (Å²) in [5.74, 6) is 0. The molecule has 1 spiro atoms.